The molecule has 0 aromatic rings. The lowest BCUT2D eigenvalue weighted by atomic mass is 9.98. The molecular formula is C11H22N4O4S. The first-order valence-electron chi connectivity index (χ1n) is 6.51. The van der Waals surface area contributed by atoms with Crippen molar-refractivity contribution in [2.75, 3.05) is 39.0 Å². The van der Waals surface area contributed by atoms with E-state index in [9.17, 15) is 18.0 Å². The van der Waals surface area contributed by atoms with E-state index in [0.717, 1.165) is 19.1 Å². The van der Waals surface area contributed by atoms with Crippen molar-refractivity contribution in [1.29, 1.82) is 0 Å². The summed E-state index contributed by atoms with van der Waals surface area (Å²) >= 11 is 0. The Bertz CT molecular complexity index is 451. The molecular weight excluding hydrogens is 284 g/mol. The smallest absolute Gasteiger partial charge is 0.241 e. The Labute approximate surface area is 119 Å². The monoisotopic (exact) mass is 306 g/mol. The van der Waals surface area contributed by atoms with Crippen LogP contribution >= 0.6 is 0 Å². The molecule has 1 atom stereocenters. The van der Waals surface area contributed by atoms with Crippen molar-refractivity contribution in [3.8, 4) is 0 Å². The number of carbonyl (C=O) groups is 2. The molecule has 1 saturated heterocycles. The van der Waals surface area contributed by atoms with Gasteiger partial charge < -0.3 is 16.0 Å². The quantitative estimate of drug-likeness (QED) is 0.516. The fraction of sp³-hybridized carbons (Fsp3) is 0.818. The van der Waals surface area contributed by atoms with Crippen molar-refractivity contribution >= 4 is 21.8 Å². The van der Waals surface area contributed by atoms with E-state index in [1.54, 1.807) is 4.90 Å². The molecule has 1 heterocycles. The van der Waals surface area contributed by atoms with Gasteiger partial charge in [0.1, 0.15) is 0 Å². The SMILES string of the molecule is CS(=O)(=O)NCC1CCCN(C(=O)CNC(=O)CN)C1. The fourth-order valence-electron chi connectivity index (χ4n) is 2.09. The Balaban J connectivity index is 2.39. The highest BCUT2D eigenvalue weighted by molar-refractivity contribution is 7.88. The van der Waals surface area contributed by atoms with E-state index in [-0.39, 0.29) is 30.8 Å². The highest BCUT2D eigenvalue weighted by Crippen LogP contribution is 2.15. The van der Waals surface area contributed by atoms with E-state index in [0.29, 0.717) is 19.6 Å². The van der Waals surface area contributed by atoms with Gasteiger partial charge in [-0.15, -0.1) is 0 Å². The molecule has 0 aliphatic carbocycles. The first-order chi connectivity index (χ1) is 9.31. The minimum atomic E-state index is -3.21. The lowest BCUT2D eigenvalue weighted by molar-refractivity contribution is -0.134. The van der Waals surface area contributed by atoms with Crippen LogP contribution in [0.3, 0.4) is 0 Å². The van der Waals surface area contributed by atoms with Crippen LogP contribution in [-0.4, -0.2) is 64.1 Å². The summed E-state index contributed by atoms with van der Waals surface area (Å²) in [6, 6.07) is 0. The van der Waals surface area contributed by atoms with Gasteiger partial charge in [0, 0.05) is 19.6 Å². The summed E-state index contributed by atoms with van der Waals surface area (Å²) in [7, 11) is -3.21. The molecule has 116 valence electrons. The lowest BCUT2D eigenvalue weighted by Gasteiger charge is -2.32. The normalized spacial score (nSPS) is 19.7. The topological polar surface area (TPSA) is 122 Å². The van der Waals surface area contributed by atoms with Crippen LogP contribution in [0.5, 0.6) is 0 Å². The van der Waals surface area contributed by atoms with Crippen LogP contribution in [0.4, 0.5) is 0 Å². The zero-order valence-corrected chi connectivity index (χ0v) is 12.4. The Kier molecular flexibility index (Phi) is 6.37. The summed E-state index contributed by atoms with van der Waals surface area (Å²) in [5.41, 5.74) is 5.14. The first kappa shape index (κ1) is 16.9. The highest BCUT2D eigenvalue weighted by atomic mass is 32.2. The van der Waals surface area contributed by atoms with Gasteiger partial charge >= 0.3 is 0 Å². The molecule has 1 unspecified atom stereocenters. The predicted octanol–water partition coefficient (Wildman–Crippen LogP) is -2.15. The van der Waals surface area contributed by atoms with Crippen LogP contribution in [-0.2, 0) is 19.6 Å². The maximum absolute atomic E-state index is 11.9. The van der Waals surface area contributed by atoms with Gasteiger partial charge in [0.05, 0.1) is 19.3 Å². The lowest BCUT2D eigenvalue weighted by Crippen LogP contribution is -2.47. The number of likely N-dealkylation sites (tertiary alicyclic amines) is 1. The largest absolute Gasteiger partial charge is 0.346 e. The number of nitrogens with one attached hydrogen (secondary N) is 2. The minimum absolute atomic E-state index is 0.0672. The second-order valence-corrected chi connectivity index (χ2v) is 6.78. The molecule has 0 aromatic carbocycles. The number of amides is 2. The molecule has 2 amide bonds. The van der Waals surface area contributed by atoms with Crippen molar-refractivity contribution in [2.24, 2.45) is 11.7 Å². The highest BCUT2D eigenvalue weighted by Gasteiger charge is 2.24. The zero-order valence-electron chi connectivity index (χ0n) is 11.6. The molecule has 0 radical (unpaired) electrons. The summed E-state index contributed by atoms with van der Waals surface area (Å²) in [6.07, 6.45) is 2.81. The number of piperidine rings is 1. The Morgan fingerprint density at radius 1 is 1.40 bits per heavy atom. The van der Waals surface area contributed by atoms with Gasteiger partial charge in [0.25, 0.3) is 0 Å². The van der Waals surface area contributed by atoms with Crippen molar-refractivity contribution in [3.63, 3.8) is 0 Å². The molecule has 20 heavy (non-hydrogen) atoms. The third kappa shape index (κ3) is 6.31. The Morgan fingerprint density at radius 3 is 2.70 bits per heavy atom. The zero-order chi connectivity index (χ0) is 15.2. The molecule has 1 fully saturated rings. The number of rotatable bonds is 6. The van der Waals surface area contributed by atoms with Crippen molar-refractivity contribution in [2.45, 2.75) is 12.8 Å². The van der Waals surface area contributed by atoms with Crippen LogP contribution in [0, 0.1) is 5.92 Å². The Morgan fingerprint density at radius 2 is 2.10 bits per heavy atom. The van der Waals surface area contributed by atoms with E-state index >= 15 is 0 Å². The number of sulfonamides is 1. The summed E-state index contributed by atoms with van der Waals surface area (Å²) in [5, 5.41) is 2.43. The van der Waals surface area contributed by atoms with Gasteiger partial charge in [0.15, 0.2) is 0 Å². The number of nitrogens with zero attached hydrogens (tertiary/aromatic N) is 1. The standard InChI is InChI=1S/C11H22N4O4S/c1-20(18,19)14-6-9-3-2-4-15(8-9)11(17)7-13-10(16)5-12/h9,14H,2-8,12H2,1H3,(H,13,16). The van der Waals surface area contributed by atoms with Gasteiger partial charge in [-0.2, -0.15) is 0 Å². The second kappa shape index (κ2) is 7.55. The summed E-state index contributed by atoms with van der Waals surface area (Å²) in [4.78, 5) is 24.5. The van der Waals surface area contributed by atoms with Crippen molar-refractivity contribution < 1.29 is 18.0 Å². The third-order valence-electron chi connectivity index (χ3n) is 3.13. The molecule has 0 saturated carbocycles. The van der Waals surface area contributed by atoms with Gasteiger partial charge in [-0.1, -0.05) is 0 Å². The maximum atomic E-state index is 11.9. The molecule has 0 bridgehead atoms. The molecule has 9 heteroatoms. The second-order valence-electron chi connectivity index (χ2n) is 4.95. The van der Waals surface area contributed by atoms with Crippen LogP contribution in [0.2, 0.25) is 0 Å². The van der Waals surface area contributed by atoms with Gasteiger partial charge in [0.2, 0.25) is 21.8 Å². The Hall–Kier alpha value is -1.19. The number of hydrogen-bond acceptors (Lipinski definition) is 5. The van der Waals surface area contributed by atoms with Gasteiger partial charge in [-0.05, 0) is 18.8 Å². The summed E-state index contributed by atoms with van der Waals surface area (Å²) in [6.45, 7) is 1.25. The number of nitrogens with two attached hydrogens (primary N) is 1. The predicted molar refractivity (Wildman–Crippen MR) is 74.2 cm³/mol. The summed E-state index contributed by atoms with van der Waals surface area (Å²) in [5.74, 6) is -0.436. The molecule has 1 aliphatic heterocycles. The average Bonchev–Trinajstić information content (AvgIpc) is 2.41. The molecule has 1 aliphatic rings. The van der Waals surface area contributed by atoms with E-state index in [1.165, 1.54) is 0 Å². The van der Waals surface area contributed by atoms with E-state index < -0.39 is 10.0 Å². The fourth-order valence-corrected chi connectivity index (χ4v) is 2.62. The van der Waals surface area contributed by atoms with Gasteiger partial charge in [-0.25, -0.2) is 13.1 Å². The molecule has 8 nitrogen and oxygen atoms in total. The number of carbonyl (C=O) groups excluding carboxylic acids is 2. The van der Waals surface area contributed by atoms with E-state index in [4.69, 9.17) is 5.73 Å². The minimum Gasteiger partial charge on any atom is -0.346 e. The van der Waals surface area contributed by atoms with E-state index in [2.05, 4.69) is 10.0 Å². The summed E-state index contributed by atoms with van der Waals surface area (Å²) < 4.78 is 24.6. The molecule has 1 rings (SSSR count). The first-order valence-corrected chi connectivity index (χ1v) is 8.40. The number of hydrogen-bond donors (Lipinski definition) is 3. The average molecular weight is 306 g/mol. The molecule has 4 N–H and O–H groups in total. The van der Waals surface area contributed by atoms with Crippen LogP contribution in [0.15, 0.2) is 0 Å². The van der Waals surface area contributed by atoms with Gasteiger partial charge in [-0.3, -0.25) is 9.59 Å². The van der Waals surface area contributed by atoms with Crippen LogP contribution in [0.25, 0.3) is 0 Å². The van der Waals surface area contributed by atoms with Crippen LogP contribution in [0.1, 0.15) is 12.8 Å². The van der Waals surface area contributed by atoms with Crippen molar-refractivity contribution in [3.05, 3.63) is 0 Å². The van der Waals surface area contributed by atoms with Crippen LogP contribution < -0.4 is 15.8 Å². The third-order valence-corrected chi connectivity index (χ3v) is 3.82. The molecule has 0 aromatic heterocycles. The van der Waals surface area contributed by atoms with E-state index in [1.807, 2.05) is 0 Å². The van der Waals surface area contributed by atoms with Crippen molar-refractivity contribution in [1.82, 2.24) is 14.9 Å². The molecule has 0 spiro atoms. The maximum Gasteiger partial charge on any atom is 0.241 e.